The van der Waals surface area contributed by atoms with Crippen LogP contribution in [0.2, 0.25) is 0 Å². The largest absolute Gasteiger partial charge is 0.337 e. The van der Waals surface area contributed by atoms with E-state index < -0.39 is 11.1 Å². The second kappa shape index (κ2) is 11.1. The number of anilines is 1. The number of nitrogens with zero attached hydrogens (tertiary/aromatic N) is 3. The van der Waals surface area contributed by atoms with Gasteiger partial charge in [0.05, 0.1) is 4.91 Å². The molecule has 1 saturated heterocycles. The van der Waals surface area contributed by atoms with Crippen molar-refractivity contribution in [3.8, 4) is 0 Å². The first kappa shape index (κ1) is 26.6. The quantitative estimate of drug-likeness (QED) is 0.325. The average Bonchev–Trinajstić information content (AvgIpc) is 3.44. The van der Waals surface area contributed by atoms with Gasteiger partial charge in [0.25, 0.3) is 11.1 Å². The summed E-state index contributed by atoms with van der Waals surface area (Å²) in [4.78, 5) is 54.9. The Labute approximate surface area is 241 Å². The van der Waals surface area contributed by atoms with E-state index in [2.05, 4.69) is 11.4 Å². The molecule has 0 saturated carbocycles. The molecule has 3 heterocycles. The summed E-state index contributed by atoms with van der Waals surface area (Å²) in [6, 6.07) is 23.2. The number of carbonyl (C=O) groups excluding carboxylic acids is 4. The molecule has 41 heavy (non-hydrogen) atoms. The number of fused-ring (bicyclic) bond motifs is 2. The SMILES string of the molecule is Cc1cccc(NC(=O)Cn2cc(/C=C3\SC(=O)N(CC(=O)N4CCc5ccccc5C4)C3=O)c3ccccc32)c1. The van der Waals surface area contributed by atoms with Gasteiger partial charge in [0.2, 0.25) is 11.8 Å². The van der Waals surface area contributed by atoms with Crippen molar-refractivity contribution in [1.82, 2.24) is 14.4 Å². The van der Waals surface area contributed by atoms with Crippen molar-refractivity contribution in [2.75, 3.05) is 18.4 Å². The van der Waals surface area contributed by atoms with Gasteiger partial charge in [-0.05, 0) is 66.1 Å². The van der Waals surface area contributed by atoms with Crippen LogP contribution in [0.15, 0.2) is 83.9 Å². The molecular formula is C32H28N4O4S. The van der Waals surface area contributed by atoms with Crippen LogP contribution in [0, 0.1) is 6.92 Å². The van der Waals surface area contributed by atoms with Crippen molar-refractivity contribution in [3.63, 3.8) is 0 Å². The van der Waals surface area contributed by atoms with Crippen LogP contribution in [-0.4, -0.2) is 50.4 Å². The highest BCUT2D eigenvalue weighted by atomic mass is 32.2. The van der Waals surface area contributed by atoms with Gasteiger partial charge in [0.1, 0.15) is 13.1 Å². The van der Waals surface area contributed by atoms with E-state index >= 15 is 0 Å². The summed E-state index contributed by atoms with van der Waals surface area (Å²) in [6.07, 6.45) is 4.23. The third-order valence-corrected chi connectivity index (χ3v) is 8.28. The van der Waals surface area contributed by atoms with Crippen molar-refractivity contribution >= 4 is 57.4 Å². The monoisotopic (exact) mass is 564 g/mol. The first-order chi connectivity index (χ1) is 19.9. The lowest BCUT2D eigenvalue weighted by Gasteiger charge is -2.29. The number of aryl methyl sites for hydroxylation is 1. The van der Waals surface area contributed by atoms with Crippen molar-refractivity contribution in [1.29, 1.82) is 0 Å². The Kier molecular flexibility index (Phi) is 7.19. The van der Waals surface area contributed by atoms with Crippen LogP contribution in [0.1, 0.15) is 22.3 Å². The van der Waals surface area contributed by atoms with Crippen molar-refractivity contribution in [2.24, 2.45) is 0 Å². The smallest absolute Gasteiger partial charge is 0.294 e. The van der Waals surface area contributed by atoms with Crippen LogP contribution < -0.4 is 5.32 Å². The van der Waals surface area contributed by atoms with Gasteiger partial charge in [-0.15, -0.1) is 0 Å². The Morgan fingerprint density at radius 3 is 2.56 bits per heavy atom. The molecule has 0 spiro atoms. The van der Waals surface area contributed by atoms with Gasteiger partial charge < -0.3 is 14.8 Å². The Morgan fingerprint density at radius 2 is 1.73 bits per heavy atom. The van der Waals surface area contributed by atoms with E-state index in [4.69, 9.17) is 0 Å². The fraction of sp³-hybridized carbons (Fsp3) is 0.188. The highest BCUT2D eigenvalue weighted by Gasteiger charge is 2.37. The van der Waals surface area contributed by atoms with Crippen molar-refractivity contribution in [3.05, 3.63) is 106 Å². The van der Waals surface area contributed by atoms with E-state index in [-0.39, 0.29) is 29.8 Å². The van der Waals surface area contributed by atoms with E-state index in [0.29, 0.717) is 18.7 Å². The van der Waals surface area contributed by atoms with Crippen LogP contribution >= 0.6 is 11.8 Å². The number of hydrogen-bond acceptors (Lipinski definition) is 5. The fourth-order valence-electron chi connectivity index (χ4n) is 5.32. The standard InChI is InChI=1S/C32H28N4O4S/c1-21-7-6-10-25(15-21)33-29(37)19-35-18-24(26-11-4-5-12-27(26)35)16-28-31(39)36(32(40)41-28)20-30(38)34-14-13-22-8-2-3-9-23(22)17-34/h2-12,15-16,18H,13-14,17,19-20H2,1H3,(H,33,37)/b28-16-. The van der Waals surface area contributed by atoms with E-state index in [1.54, 1.807) is 11.0 Å². The topological polar surface area (TPSA) is 91.7 Å². The molecule has 3 aromatic carbocycles. The fourth-order valence-corrected chi connectivity index (χ4v) is 6.15. The second-order valence-electron chi connectivity index (χ2n) is 10.2. The molecule has 2 aliphatic heterocycles. The normalized spacial score (nSPS) is 16.0. The van der Waals surface area contributed by atoms with Gasteiger partial charge >= 0.3 is 0 Å². The molecule has 4 aromatic rings. The molecule has 206 valence electrons. The Morgan fingerprint density at radius 1 is 0.951 bits per heavy atom. The molecule has 0 bridgehead atoms. The highest BCUT2D eigenvalue weighted by Crippen LogP contribution is 2.34. The summed E-state index contributed by atoms with van der Waals surface area (Å²) in [5.41, 5.74) is 5.63. The van der Waals surface area contributed by atoms with Crippen LogP contribution in [0.3, 0.4) is 0 Å². The molecule has 1 N–H and O–H groups in total. The van der Waals surface area contributed by atoms with Gasteiger partial charge in [-0.3, -0.25) is 24.1 Å². The highest BCUT2D eigenvalue weighted by molar-refractivity contribution is 8.18. The predicted octanol–water partition coefficient (Wildman–Crippen LogP) is 5.21. The number of aromatic nitrogens is 1. The number of benzene rings is 3. The minimum Gasteiger partial charge on any atom is -0.337 e. The van der Waals surface area contributed by atoms with Crippen LogP contribution in [0.5, 0.6) is 0 Å². The summed E-state index contributed by atoms with van der Waals surface area (Å²) >= 11 is 0.828. The zero-order valence-electron chi connectivity index (χ0n) is 22.5. The van der Waals surface area contributed by atoms with E-state index in [9.17, 15) is 19.2 Å². The maximum absolute atomic E-state index is 13.3. The zero-order valence-corrected chi connectivity index (χ0v) is 23.3. The molecular weight excluding hydrogens is 536 g/mol. The Bertz CT molecular complexity index is 1740. The predicted molar refractivity (Wildman–Crippen MR) is 160 cm³/mol. The number of nitrogens with one attached hydrogen (secondary N) is 1. The van der Waals surface area contributed by atoms with Crippen LogP contribution in [-0.2, 0) is 33.9 Å². The molecule has 1 aromatic heterocycles. The van der Waals surface area contributed by atoms with E-state index in [1.165, 1.54) is 5.56 Å². The van der Waals surface area contributed by atoms with Gasteiger partial charge in [-0.25, -0.2) is 0 Å². The molecule has 2 aliphatic rings. The Hall–Kier alpha value is -4.63. The average molecular weight is 565 g/mol. The minimum absolute atomic E-state index is 0.0806. The Balaban J connectivity index is 1.18. The number of para-hydroxylation sites is 1. The number of carbonyl (C=O) groups is 4. The lowest BCUT2D eigenvalue weighted by molar-refractivity contribution is -0.136. The molecule has 9 heteroatoms. The maximum atomic E-state index is 13.3. The lowest BCUT2D eigenvalue weighted by atomic mass is 10.00. The third-order valence-electron chi connectivity index (χ3n) is 7.37. The molecule has 6 rings (SSSR count). The maximum Gasteiger partial charge on any atom is 0.294 e. The molecule has 1 fully saturated rings. The second-order valence-corrected chi connectivity index (χ2v) is 11.2. The first-order valence-electron chi connectivity index (χ1n) is 13.4. The van der Waals surface area contributed by atoms with Gasteiger partial charge in [-0.2, -0.15) is 0 Å². The number of hydrogen-bond donors (Lipinski definition) is 1. The zero-order chi connectivity index (χ0) is 28.5. The number of imide groups is 1. The molecule has 0 radical (unpaired) electrons. The number of thioether (sulfide) groups is 1. The van der Waals surface area contributed by atoms with Gasteiger partial charge in [-0.1, -0.05) is 54.6 Å². The summed E-state index contributed by atoms with van der Waals surface area (Å²) in [5.74, 6) is -0.916. The van der Waals surface area contributed by atoms with Crippen molar-refractivity contribution in [2.45, 2.75) is 26.4 Å². The van der Waals surface area contributed by atoms with E-state index in [0.717, 1.165) is 50.8 Å². The minimum atomic E-state index is -0.486. The summed E-state index contributed by atoms with van der Waals surface area (Å²) < 4.78 is 1.83. The third kappa shape index (κ3) is 5.53. The van der Waals surface area contributed by atoms with E-state index in [1.807, 2.05) is 84.4 Å². The molecule has 8 nitrogen and oxygen atoms in total. The van der Waals surface area contributed by atoms with Gasteiger partial charge in [0.15, 0.2) is 0 Å². The summed E-state index contributed by atoms with van der Waals surface area (Å²) in [7, 11) is 0. The summed E-state index contributed by atoms with van der Waals surface area (Å²) in [5, 5.41) is 3.32. The molecule has 0 unspecified atom stereocenters. The van der Waals surface area contributed by atoms with Crippen LogP contribution in [0.25, 0.3) is 17.0 Å². The number of amides is 4. The molecule has 4 amide bonds. The van der Waals surface area contributed by atoms with Crippen LogP contribution in [0.4, 0.5) is 10.5 Å². The first-order valence-corrected chi connectivity index (χ1v) is 14.2. The number of rotatable bonds is 6. The molecule has 0 atom stereocenters. The van der Waals surface area contributed by atoms with Gasteiger partial charge in [0, 0.05) is 41.4 Å². The molecule has 0 aliphatic carbocycles. The lowest BCUT2D eigenvalue weighted by Crippen LogP contribution is -2.44. The van der Waals surface area contributed by atoms with Crippen molar-refractivity contribution < 1.29 is 19.2 Å². The summed E-state index contributed by atoms with van der Waals surface area (Å²) in [6.45, 7) is 2.78.